The highest BCUT2D eigenvalue weighted by Gasteiger charge is 2.56. The molecule has 1 aromatic rings. The molecule has 1 aliphatic carbocycles. The van der Waals surface area contributed by atoms with Gasteiger partial charge in [-0.15, -0.1) is 0 Å². The number of ether oxygens (including phenoxy) is 1. The predicted octanol–water partition coefficient (Wildman–Crippen LogP) is 2.64. The fourth-order valence-corrected chi connectivity index (χ4v) is 4.50. The summed E-state index contributed by atoms with van der Waals surface area (Å²) in [7, 11) is 2.15. The van der Waals surface area contributed by atoms with Gasteiger partial charge in [-0.05, 0) is 41.5 Å². The monoisotopic (exact) mass is 457 g/mol. The Bertz CT molecular complexity index is 1130. The van der Waals surface area contributed by atoms with Gasteiger partial charge in [-0.1, -0.05) is 0 Å². The van der Waals surface area contributed by atoms with Crippen LogP contribution < -0.4 is 10.1 Å². The Hall–Kier alpha value is -3.13. The Morgan fingerprint density at radius 1 is 1.15 bits per heavy atom. The van der Waals surface area contributed by atoms with Crippen LogP contribution in [0.2, 0.25) is 0 Å². The number of rotatable bonds is 7. The predicted molar refractivity (Wildman–Crippen MR) is 123 cm³/mol. The van der Waals surface area contributed by atoms with Crippen molar-refractivity contribution >= 4 is 17.3 Å². The molecule has 1 heterocycles. The first kappa shape index (κ1) is 24.5. The van der Waals surface area contributed by atoms with Crippen molar-refractivity contribution in [1.29, 1.82) is 0 Å². The number of phenolic OH excluding ortho intramolecular Hbond substituents is 2. The Labute approximate surface area is 194 Å². The lowest BCUT2D eigenvalue weighted by Gasteiger charge is -2.32. The topological polar surface area (TPSA) is 113 Å². The molecule has 3 N–H and O–H groups in total. The van der Waals surface area contributed by atoms with Gasteiger partial charge < -0.3 is 24.7 Å². The maximum atomic E-state index is 13.7. The van der Waals surface area contributed by atoms with Crippen LogP contribution in [0.5, 0.6) is 17.2 Å². The van der Waals surface area contributed by atoms with E-state index in [9.17, 15) is 24.6 Å². The number of allylic oxidation sites excluding steroid dienone is 4. The molecular formula is C25H33N2O6+. The van der Waals surface area contributed by atoms with Crippen molar-refractivity contribution in [2.75, 3.05) is 33.2 Å². The van der Waals surface area contributed by atoms with Crippen LogP contribution in [0.25, 0.3) is 0 Å². The number of likely N-dealkylation sites (N-methyl/N-ethyl adjacent to an activating group) is 1. The van der Waals surface area contributed by atoms with E-state index in [2.05, 4.69) is 26.2 Å². The Balaban J connectivity index is 2.09. The molecule has 3 rings (SSSR count). The van der Waals surface area contributed by atoms with Gasteiger partial charge in [0.1, 0.15) is 34.0 Å². The smallest absolute Gasteiger partial charge is 0.194 e. The molecule has 0 amide bonds. The normalized spacial score (nSPS) is 21.2. The number of nitrogens with one attached hydrogen (secondary N) is 1. The largest absolute Gasteiger partial charge is 0.507 e. The lowest BCUT2D eigenvalue weighted by Crippen LogP contribution is -2.48. The Kier molecular flexibility index (Phi) is 6.19. The molecule has 0 saturated heterocycles. The second-order valence-electron chi connectivity index (χ2n) is 9.29. The quantitative estimate of drug-likeness (QED) is 0.250. The molecule has 1 aliphatic heterocycles. The van der Waals surface area contributed by atoms with E-state index in [1.807, 2.05) is 0 Å². The average Bonchev–Trinajstić information content (AvgIpc) is 3.05. The first-order valence-corrected chi connectivity index (χ1v) is 11.2. The summed E-state index contributed by atoms with van der Waals surface area (Å²) < 4.78 is 6.63. The summed E-state index contributed by atoms with van der Waals surface area (Å²) in [4.78, 5) is 38.9. The zero-order valence-corrected chi connectivity index (χ0v) is 20.4. The number of fused-ring (bicyclic) bond motifs is 3. The Morgan fingerprint density at radius 2 is 1.76 bits per heavy atom. The fraction of sp³-hybridized carbons (Fsp3) is 0.480. The first-order valence-electron chi connectivity index (χ1n) is 11.2. The number of Topliss-reactive ketones (excluding diaryl/α,β-unsaturated/α-hetero) is 2. The molecule has 0 spiro atoms. The molecule has 8 heteroatoms. The van der Waals surface area contributed by atoms with Crippen molar-refractivity contribution in [1.82, 2.24) is 5.32 Å². The number of phenols is 2. The molecule has 1 aromatic carbocycles. The molecule has 0 fully saturated rings. The van der Waals surface area contributed by atoms with Crippen LogP contribution in [0, 0.1) is 6.92 Å². The highest BCUT2D eigenvalue weighted by atomic mass is 16.5. The van der Waals surface area contributed by atoms with Gasteiger partial charge in [-0.3, -0.25) is 14.4 Å². The molecule has 0 radical (unpaired) electrons. The van der Waals surface area contributed by atoms with E-state index in [0.717, 1.165) is 24.1 Å². The molecule has 1 atom stereocenters. The first-order chi connectivity index (χ1) is 15.3. The van der Waals surface area contributed by atoms with E-state index in [-0.39, 0.29) is 39.5 Å². The molecular weight excluding hydrogens is 424 g/mol. The van der Waals surface area contributed by atoms with E-state index in [0.29, 0.717) is 12.2 Å². The maximum Gasteiger partial charge on any atom is 0.194 e. The standard InChI is InChI=1S/C25H32N2O6/c1-8-27(7,9-2)11-10-26-14(4)18-16(29)12-17-25(6,24(18)32)20-22(31)13(3)21(30)19(15(5)28)23(20)33-17/h12H,8-11H2,1-7H3,(H2-,26,28,29,30,31,32)/p+1. The van der Waals surface area contributed by atoms with Gasteiger partial charge in [0.15, 0.2) is 17.3 Å². The van der Waals surface area contributed by atoms with Crippen LogP contribution in [0.15, 0.2) is 23.1 Å². The van der Waals surface area contributed by atoms with E-state index < -0.39 is 28.5 Å². The number of hydrogen-bond donors (Lipinski definition) is 3. The number of carbonyl (C=O) groups excluding carboxylic acids is 3. The summed E-state index contributed by atoms with van der Waals surface area (Å²) in [6.07, 6.45) is 1.23. The van der Waals surface area contributed by atoms with Gasteiger partial charge in [0.25, 0.3) is 0 Å². The lowest BCUT2D eigenvalue weighted by molar-refractivity contribution is -0.904. The third kappa shape index (κ3) is 3.62. The lowest BCUT2D eigenvalue weighted by atomic mass is 9.70. The average molecular weight is 458 g/mol. The molecule has 2 aliphatic rings. The van der Waals surface area contributed by atoms with Crippen molar-refractivity contribution in [2.24, 2.45) is 0 Å². The summed E-state index contributed by atoms with van der Waals surface area (Å²) in [5.74, 6) is -2.27. The van der Waals surface area contributed by atoms with Gasteiger partial charge in [0, 0.05) is 17.3 Å². The van der Waals surface area contributed by atoms with Crippen molar-refractivity contribution in [3.05, 3.63) is 39.8 Å². The minimum atomic E-state index is -1.49. The Morgan fingerprint density at radius 3 is 2.30 bits per heavy atom. The van der Waals surface area contributed by atoms with E-state index in [1.165, 1.54) is 19.9 Å². The number of hydrogen-bond acceptors (Lipinski definition) is 7. The summed E-state index contributed by atoms with van der Waals surface area (Å²) in [6.45, 7) is 13.6. The third-order valence-corrected chi connectivity index (χ3v) is 7.33. The highest BCUT2D eigenvalue weighted by molar-refractivity contribution is 6.31. The van der Waals surface area contributed by atoms with E-state index in [4.69, 9.17) is 4.74 Å². The van der Waals surface area contributed by atoms with Gasteiger partial charge in [-0.2, -0.15) is 0 Å². The number of quaternary nitrogens is 1. The molecule has 178 valence electrons. The van der Waals surface area contributed by atoms with E-state index in [1.54, 1.807) is 13.8 Å². The van der Waals surface area contributed by atoms with Crippen LogP contribution in [0.1, 0.15) is 56.1 Å². The van der Waals surface area contributed by atoms with Crippen LogP contribution in [-0.2, 0) is 15.0 Å². The zero-order chi connectivity index (χ0) is 24.9. The molecule has 0 bridgehead atoms. The van der Waals surface area contributed by atoms with Crippen molar-refractivity contribution in [2.45, 2.75) is 47.0 Å². The SMILES string of the molecule is CC[N+](C)(CC)CCN/C(C)=C1\C(=O)C=C2Oc3c(C(C)=O)c(O)c(C)c(O)c3C2(C)C1=O. The summed E-state index contributed by atoms with van der Waals surface area (Å²) in [5, 5.41) is 24.5. The molecule has 8 nitrogen and oxygen atoms in total. The van der Waals surface area contributed by atoms with Gasteiger partial charge in [-0.25, -0.2) is 0 Å². The van der Waals surface area contributed by atoms with Crippen molar-refractivity contribution in [3.8, 4) is 17.2 Å². The fourth-order valence-electron chi connectivity index (χ4n) is 4.50. The minimum absolute atomic E-state index is 0.00518. The van der Waals surface area contributed by atoms with E-state index >= 15 is 0 Å². The number of aromatic hydroxyl groups is 2. The van der Waals surface area contributed by atoms with Crippen LogP contribution in [-0.4, -0.2) is 65.3 Å². The second-order valence-corrected chi connectivity index (χ2v) is 9.29. The van der Waals surface area contributed by atoms with Crippen LogP contribution >= 0.6 is 0 Å². The number of ketones is 3. The number of carbonyl (C=O) groups is 3. The van der Waals surface area contributed by atoms with Crippen LogP contribution in [0.3, 0.4) is 0 Å². The number of nitrogens with zero attached hydrogens (tertiary/aromatic N) is 1. The zero-order valence-electron chi connectivity index (χ0n) is 20.4. The van der Waals surface area contributed by atoms with Gasteiger partial charge in [0.05, 0.1) is 44.4 Å². The second kappa shape index (κ2) is 8.33. The molecule has 1 unspecified atom stereocenters. The minimum Gasteiger partial charge on any atom is -0.507 e. The highest BCUT2D eigenvalue weighted by Crippen LogP contribution is 2.57. The third-order valence-electron chi connectivity index (χ3n) is 7.33. The summed E-state index contributed by atoms with van der Waals surface area (Å²) in [5.41, 5.74) is -0.992. The summed E-state index contributed by atoms with van der Waals surface area (Å²) in [6, 6.07) is 0. The molecule has 33 heavy (non-hydrogen) atoms. The van der Waals surface area contributed by atoms with Crippen molar-refractivity contribution < 1.29 is 33.8 Å². The van der Waals surface area contributed by atoms with Gasteiger partial charge >= 0.3 is 0 Å². The number of benzene rings is 1. The molecule has 0 saturated carbocycles. The summed E-state index contributed by atoms with van der Waals surface area (Å²) >= 11 is 0. The van der Waals surface area contributed by atoms with Crippen LogP contribution in [0.4, 0.5) is 0 Å². The van der Waals surface area contributed by atoms with Crippen molar-refractivity contribution in [3.63, 3.8) is 0 Å². The molecule has 0 aromatic heterocycles. The van der Waals surface area contributed by atoms with Gasteiger partial charge in [0.2, 0.25) is 0 Å². The maximum absolute atomic E-state index is 13.7.